The summed E-state index contributed by atoms with van der Waals surface area (Å²) in [7, 11) is 1.73. The highest BCUT2D eigenvalue weighted by Crippen LogP contribution is 2.28. The molecule has 0 aromatic heterocycles. The van der Waals surface area contributed by atoms with Gasteiger partial charge in [-0.1, -0.05) is 11.6 Å². The topological polar surface area (TPSA) is 50.4 Å². The Morgan fingerprint density at radius 2 is 2.00 bits per heavy atom. The largest absolute Gasteiger partial charge is 0.489 e. The van der Waals surface area contributed by atoms with Crippen LogP contribution in [-0.4, -0.2) is 25.1 Å². The number of nitrogens with one attached hydrogen (secondary N) is 2. The molecule has 4 nitrogen and oxygen atoms in total. The second-order valence-electron chi connectivity index (χ2n) is 4.31. The van der Waals surface area contributed by atoms with E-state index in [1.165, 1.54) is 0 Å². The van der Waals surface area contributed by atoms with E-state index in [1.54, 1.807) is 32.2 Å². The maximum atomic E-state index is 11.7. The lowest BCUT2D eigenvalue weighted by atomic mass is 10.2. The van der Waals surface area contributed by atoms with Crippen LogP contribution in [0.4, 0.5) is 5.69 Å². The molecule has 0 radical (unpaired) electrons. The second-order valence-corrected chi connectivity index (χ2v) is 4.72. The van der Waals surface area contributed by atoms with Crippen molar-refractivity contribution in [3.8, 4) is 5.75 Å². The molecular formula is C13H19ClN2O2. The molecule has 0 saturated heterocycles. The average molecular weight is 271 g/mol. The summed E-state index contributed by atoms with van der Waals surface area (Å²) < 4.78 is 5.52. The fraction of sp³-hybridized carbons (Fsp3) is 0.462. The minimum absolute atomic E-state index is 0.0623. The first kappa shape index (κ1) is 14.8. The van der Waals surface area contributed by atoms with E-state index in [4.69, 9.17) is 16.3 Å². The van der Waals surface area contributed by atoms with Gasteiger partial charge in [0.15, 0.2) is 0 Å². The Kier molecular flexibility index (Phi) is 5.44. The van der Waals surface area contributed by atoms with Crippen molar-refractivity contribution in [1.29, 1.82) is 0 Å². The van der Waals surface area contributed by atoms with Crippen LogP contribution in [0.1, 0.15) is 20.8 Å². The van der Waals surface area contributed by atoms with Crippen molar-refractivity contribution in [1.82, 2.24) is 5.32 Å². The molecule has 1 unspecified atom stereocenters. The Morgan fingerprint density at radius 3 is 2.50 bits per heavy atom. The van der Waals surface area contributed by atoms with Gasteiger partial charge in [0.05, 0.1) is 17.2 Å². The molecule has 2 N–H and O–H groups in total. The first-order chi connectivity index (χ1) is 8.43. The Morgan fingerprint density at radius 1 is 1.33 bits per heavy atom. The second kappa shape index (κ2) is 6.61. The lowest BCUT2D eigenvalue weighted by Gasteiger charge is -2.14. The number of carbonyl (C=O) groups excluding carboxylic acids is 1. The molecule has 0 aliphatic rings. The molecule has 18 heavy (non-hydrogen) atoms. The molecule has 1 aromatic carbocycles. The number of ether oxygens (including phenoxy) is 1. The van der Waals surface area contributed by atoms with Gasteiger partial charge in [-0.25, -0.2) is 0 Å². The third-order valence-corrected chi connectivity index (χ3v) is 2.68. The van der Waals surface area contributed by atoms with Crippen molar-refractivity contribution in [2.75, 3.05) is 12.4 Å². The molecule has 100 valence electrons. The highest BCUT2D eigenvalue weighted by molar-refractivity contribution is 6.32. The van der Waals surface area contributed by atoms with Gasteiger partial charge in [0.25, 0.3) is 0 Å². The molecule has 0 spiro atoms. The van der Waals surface area contributed by atoms with E-state index in [0.29, 0.717) is 16.5 Å². The summed E-state index contributed by atoms with van der Waals surface area (Å²) in [4.78, 5) is 11.7. The van der Waals surface area contributed by atoms with Crippen molar-refractivity contribution in [3.05, 3.63) is 23.2 Å². The van der Waals surface area contributed by atoms with Crippen molar-refractivity contribution >= 4 is 23.2 Å². The minimum Gasteiger partial charge on any atom is -0.489 e. The Labute approximate surface area is 113 Å². The highest BCUT2D eigenvalue weighted by atomic mass is 35.5. The minimum atomic E-state index is -0.254. The summed E-state index contributed by atoms with van der Waals surface area (Å²) in [6.07, 6.45) is 0.0623. The summed E-state index contributed by atoms with van der Waals surface area (Å²) in [6, 6.07) is 4.95. The van der Waals surface area contributed by atoms with Gasteiger partial charge >= 0.3 is 0 Å². The van der Waals surface area contributed by atoms with Crippen molar-refractivity contribution < 1.29 is 9.53 Å². The number of anilines is 1. The van der Waals surface area contributed by atoms with Crippen LogP contribution in [0, 0.1) is 0 Å². The van der Waals surface area contributed by atoms with Gasteiger partial charge in [-0.3, -0.25) is 4.79 Å². The van der Waals surface area contributed by atoms with Crippen molar-refractivity contribution in [3.63, 3.8) is 0 Å². The van der Waals surface area contributed by atoms with Crippen LogP contribution >= 0.6 is 11.6 Å². The van der Waals surface area contributed by atoms with E-state index in [1.807, 2.05) is 13.8 Å². The molecule has 0 heterocycles. The lowest BCUT2D eigenvalue weighted by Crippen LogP contribution is -2.35. The number of benzene rings is 1. The molecule has 0 bridgehead atoms. The van der Waals surface area contributed by atoms with Crippen molar-refractivity contribution in [2.45, 2.75) is 32.9 Å². The number of rotatable bonds is 5. The van der Waals surface area contributed by atoms with E-state index in [9.17, 15) is 4.79 Å². The van der Waals surface area contributed by atoms with E-state index < -0.39 is 0 Å². The number of hydrogen-bond donors (Lipinski definition) is 2. The third-order valence-electron chi connectivity index (χ3n) is 2.39. The molecule has 0 saturated carbocycles. The van der Waals surface area contributed by atoms with Crippen LogP contribution in [0.15, 0.2) is 18.2 Å². The molecule has 1 aromatic rings. The highest BCUT2D eigenvalue weighted by Gasteiger charge is 2.11. The number of halogens is 1. The van der Waals surface area contributed by atoms with Crippen LogP contribution in [-0.2, 0) is 4.79 Å². The third kappa shape index (κ3) is 4.20. The Bertz CT molecular complexity index is 421. The number of amides is 1. The molecule has 5 heteroatoms. The predicted molar refractivity (Wildman–Crippen MR) is 74.4 cm³/mol. The SMILES string of the molecule is CNC(C)C(=O)Nc1ccc(OC(C)C)c(Cl)c1. The number of hydrogen-bond acceptors (Lipinski definition) is 3. The van der Waals surface area contributed by atoms with E-state index in [2.05, 4.69) is 10.6 Å². The smallest absolute Gasteiger partial charge is 0.241 e. The van der Waals surface area contributed by atoms with Gasteiger partial charge in [-0.05, 0) is 46.0 Å². The van der Waals surface area contributed by atoms with Crippen molar-refractivity contribution in [2.24, 2.45) is 0 Å². The lowest BCUT2D eigenvalue weighted by molar-refractivity contribution is -0.117. The molecule has 1 amide bonds. The Balaban J connectivity index is 2.75. The zero-order valence-corrected chi connectivity index (χ0v) is 11.8. The van der Waals surface area contributed by atoms with Crippen LogP contribution in [0.25, 0.3) is 0 Å². The zero-order valence-electron chi connectivity index (χ0n) is 11.1. The molecule has 0 aliphatic carbocycles. The summed E-state index contributed by atoms with van der Waals surface area (Å²) >= 11 is 6.08. The van der Waals surface area contributed by atoms with Gasteiger partial charge in [0.1, 0.15) is 5.75 Å². The average Bonchev–Trinajstić information content (AvgIpc) is 2.31. The fourth-order valence-electron chi connectivity index (χ4n) is 1.31. The first-order valence-corrected chi connectivity index (χ1v) is 6.26. The van der Waals surface area contributed by atoms with Gasteiger partial charge in [-0.2, -0.15) is 0 Å². The van der Waals surface area contributed by atoms with E-state index in [-0.39, 0.29) is 18.1 Å². The van der Waals surface area contributed by atoms with E-state index in [0.717, 1.165) is 0 Å². The normalized spacial score (nSPS) is 12.3. The van der Waals surface area contributed by atoms with Crippen LogP contribution in [0.5, 0.6) is 5.75 Å². The molecule has 1 atom stereocenters. The van der Waals surface area contributed by atoms with Crippen LogP contribution in [0.2, 0.25) is 5.02 Å². The van der Waals surface area contributed by atoms with Crippen LogP contribution in [0.3, 0.4) is 0 Å². The predicted octanol–water partition coefficient (Wildman–Crippen LogP) is 2.67. The first-order valence-electron chi connectivity index (χ1n) is 5.88. The molecular weight excluding hydrogens is 252 g/mol. The molecule has 1 rings (SSSR count). The maximum absolute atomic E-state index is 11.7. The summed E-state index contributed by atoms with van der Waals surface area (Å²) in [5.74, 6) is 0.512. The standard InChI is InChI=1S/C13H19ClN2O2/c1-8(2)18-12-6-5-10(7-11(12)14)16-13(17)9(3)15-4/h5-9,15H,1-4H3,(H,16,17). The summed E-state index contributed by atoms with van der Waals surface area (Å²) in [5.41, 5.74) is 0.656. The quantitative estimate of drug-likeness (QED) is 0.865. The number of carbonyl (C=O) groups is 1. The maximum Gasteiger partial charge on any atom is 0.241 e. The van der Waals surface area contributed by atoms with Crippen LogP contribution < -0.4 is 15.4 Å². The zero-order chi connectivity index (χ0) is 13.7. The van der Waals surface area contributed by atoms with Gasteiger partial charge in [0, 0.05) is 5.69 Å². The van der Waals surface area contributed by atoms with E-state index >= 15 is 0 Å². The summed E-state index contributed by atoms with van der Waals surface area (Å²) in [6.45, 7) is 5.65. The molecule has 0 aliphatic heterocycles. The molecule has 0 fully saturated rings. The van der Waals surface area contributed by atoms with Gasteiger partial charge in [-0.15, -0.1) is 0 Å². The van der Waals surface area contributed by atoms with Gasteiger partial charge in [0.2, 0.25) is 5.91 Å². The monoisotopic (exact) mass is 270 g/mol. The Hall–Kier alpha value is -1.26. The summed E-state index contributed by atoms with van der Waals surface area (Å²) in [5, 5.41) is 6.12. The fourth-order valence-corrected chi connectivity index (χ4v) is 1.53. The number of likely N-dealkylation sites (N-methyl/N-ethyl adjacent to an activating group) is 1. The van der Waals surface area contributed by atoms with Gasteiger partial charge < -0.3 is 15.4 Å².